The van der Waals surface area contributed by atoms with Gasteiger partial charge in [0.1, 0.15) is 17.4 Å². The van der Waals surface area contributed by atoms with Crippen LogP contribution in [0.1, 0.15) is 16.7 Å². The summed E-state index contributed by atoms with van der Waals surface area (Å²) in [6.07, 6.45) is 2.58. The first kappa shape index (κ1) is 17.6. The van der Waals surface area contributed by atoms with Crippen LogP contribution in [-0.2, 0) is 24.3 Å². The normalized spacial score (nSPS) is 13.5. The molecule has 5 heteroatoms. The number of rotatable bonds is 5. The largest absolute Gasteiger partial charge is 0.497 e. The molecular formula is C21H21N3O2. The lowest BCUT2D eigenvalue weighted by atomic mass is 10.0. The van der Waals surface area contributed by atoms with Crippen molar-refractivity contribution >= 4 is 5.91 Å². The Balaban J connectivity index is 1.61. The van der Waals surface area contributed by atoms with Crippen molar-refractivity contribution in [3.63, 3.8) is 0 Å². The van der Waals surface area contributed by atoms with Crippen LogP contribution in [-0.4, -0.2) is 24.5 Å². The zero-order valence-electron chi connectivity index (χ0n) is 14.7. The number of carbonyl (C=O) groups is 1. The number of benzene rings is 2. The average molecular weight is 347 g/mol. The predicted octanol–water partition coefficient (Wildman–Crippen LogP) is 2.78. The quantitative estimate of drug-likeness (QED) is 0.667. The Morgan fingerprint density at radius 3 is 2.65 bits per heavy atom. The molecule has 5 nitrogen and oxygen atoms in total. The number of nitriles is 1. The first-order chi connectivity index (χ1) is 12.7. The van der Waals surface area contributed by atoms with Gasteiger partial charge in [0, 0.05) is 25.8 Å². The molecule has 0 saturated heterocycles. The van der Waals surface area contributed by atoms with E-state index in [0.29, 0.717) is 13.1 Å². The van der Waals surface area contributed by atoms with Gasteiger partial charge in [-0.1, -0.05) is 36.4 Å². The van der Waals surface area contributed by atoms with E-state index in [1.165, 1.54) is 11.1 Å². The molecule has 1 aliphatic rings. The monoisotopic (exact) mass is 347 g/mol. The van der Waals surface area contributed by atoms with E-state index in [2.05, 4.69) is 17.4 Å². The van der Waals surface area contributed by atoms with E-state index in [1.54, 1.807) is 13.3 Å². The number of methoxy groups -OCH3 is 1. The fourth-order valence-corrected chi connectivity index (χ4v) is 2.97. The van der Waals surface area contributed by atoms with Gasteiger partial charge >= 0.3 is 0 Å². The molecule has 1 amide bonds. The Labute approximate surface area is 153 Å². The minimum Gasteiger partial charge on any atom is -0.497 e. The molecule has 3 rings (SSSR count). The lowest BCUT2D eigenvalue weighted by molar-refractivity contribution is -0.117. The van der Waals surface area contributed by atoms with Crippen LogP contribution >= 0.6 is 0 Å². The van der Waals surface area contributed by atoms with Crippen LogP contribution in [0.15, 0.2) is 60.3 Å². The van der Waals surface area contributed by atoms with E-state index in [9.17, 15) is 10.1 Å². The second-order valence-electron chi connectivity index (χ2n) is 6.17. The van der Waals surface area contributed by atoms with Crippen molar-refractivity contribution < 1.29 is 9.53 Å². The molecule has 132 valence electrons. The summed E-state index contributed by atoms with van der Waals surface area (Å²) in [6.45, 7) is 1.88. The summed E-state index contributed by atoms with van der Waals surface area (Å²) in [5, 5.41) is 12.2. The topological polar surface area (TPSA) is 65.4 Å². The Bertz CT molecular complexity index is 850. The molecule has 0 aromatic heterocycles. The third-order valence-corrected chi connectivity index (χ3v) is 4.45. The van der Waals surface area contributed by atoms with Gasteiger partial charge in [0.2, 0.25) is 0 Å². The number of ether oxygens (including phenoxy) is 1. The smallest absolute Gasteiger partial charge is 0.263 e. The van der Waals surface area contributed by atoms with E-state index in [0.717, 1.165) is 24.3 Å². The standard InChI is InChI=1S/C21H21N3O2/c1-26-20-8-6-16(7-9-20)13-23-21(25)19(12-22)15-24-11-10-17-4-2-3-5-18(17)14-24/h2-9,15H,10-11,13-14H2,1H3,(H,23,25)/b19-15-. The first-order valence-electron chi connectivity index (χ1n) is 8.53. The first-order valence-corrected chi connectivity index (χ1v) is 8.53. The van der Waals surface area contributed by atoms with Crippen molar-refractivity contribution in [3.05, 3.63) is 77.0 Å². The van der Waals surface area contributed by atoms with E-state index >= 15 is 0 Å². The molecule has 1 N–H and O–H groups in total. The minimum atomic E-state index is -0.359. The van der Waals surface area contributed by atoms with Gasteiger partial charge in [-0.2, -0.15) is 5.26 Å². The maximum Gasteiger partial charge on any atom is 0.263 e. The maximum absolute atomic E-state index is 12.3. The Kier molecular flexibility index (Phi) is 5.55. The van der Waals surface area contributed by atoms with Crippen molar-refractivity contribution in [2.45, 2.75) is 19.5 Å². The molecule has 1 aliphatic heterocycles. The number of hydrogen-bond donors (Lipinski definition) is 1. The lowest BCUT2D eigenvalue weighted by Crippen LogP contribution is -2.29. The summed E-state index contributed by atoms with van der Waals surface area (Å²) < 4.78 is 5.11. The van der Waals surface area contributed by atoms with E-state index in [-0.39, 0.29) is 11.5 Å². The van der Waals surface area contributed by atoms with Gasteiger partial charge in [0.15, 0.2) is 0 Å². The molecule has 0 atom stereocenters. The highest BCUT2D eigenvalue weighted by Crippen LogP contribution is 2.19. The minimum absolute atomic E-state index is 0.123. The van der Waals surface area contributed by atoms with Crippen molar-refractivity contribution in [2.24, 2.45) is 0 Å². The van der Waals surface area contributed by atoms with E-state index in [1.807, 2.05) is 47.4 Å². The second kappa shape index (κ2) is 8.21. The summed E-state index contributed by atoms with van der Waals surface area (Å²) in [4.78, 5) is 14.4. The van der Waals surface area contributed by atoms with E-state index < -0.39 is 0 Å². The molecule has 0 bridgehead atoms. The van der Waals surface area contributed by atoms with Gasteiger partial charge in [0.05, 0.1) is 7.11 Å². The number of amides is 1. The van der Waals surface area contributed by atoms with Crippen LogP contribution in [0, 0.1) is 11.3 Å². The highest BCUT2D eigenvalue weighted by Gasteiger charge is 2.16. The highest BCUT2D eigenvalue weighted by molar-refractivity contribution is 5.97. The van der Waals surface area contributed by atoms with E-state index in [4.69, 9.17) is 4.74 Å². The fourth-order valence-electron chi connectivity index (χ4n) is 2.97. The Morgan fingerprint density at radius 2 is 1.96 bits per heavy atom. The van der Waals surface area contributed by atoms with Crippen LogP contribution in [0.4, 0.5) is 0 Å². The molecule has 1 heterocycles. The van der Waals surface area contributed by atoms with Crippen molar-refractivity contribution in [1.29, 1.82) is 5.26 Å². The SMILES string of the molecule is COc1ccc(CNC(=O)/C(C#N)=C\N2CCc3ccccc3C2)cc1. The molecule has 2 aromatic carbocycles. The zero-order valence-corrected chi connectivity index (χ0v) is 14.7. The predicted molar refractivity (Wildman–Crippen MR) is 99.1 cm³/mol. The summed E-state index contributed by atoms with van der Waals surface area (Å²) >= 11 is 0. The number of nitrogens with one attached hydrogen (secondary N) is 1. The third kappa shape index (κ3) is 4.22. The zero-order chi connectivity index (χ0) is 18.4. The molecule has 0 aliphatic carbocycles. The number of fused-ring (bicyclic) bond motifs is 1. The van der Waals surface area contributed by atoms with Crippen LogP contribution in [0.5, 0.6) is 5.75 Å². The molecule has 0 fully saturated rings. The van der Waals surface area contributed by atoms with Gasteiger partial charge in [-0.05, 0) is 35.2 Å². The van der Waals surface area contributed by atoms with Gasteiger partial charge in [-0.3, -0.25) is 4.79 Å². The van der Waals surface area contributed by atoms with Crippen LogP contribution < -0.4 is 10.1 Å². The third-order valence-electron chi connectivity index (χ3n) is 4.45. The summed E-state index contributed by atoms with van der Waals surface area (Å²) in [5.41, 5.74) is 3.65. The summed E-state index contributed by atoms with van der Waals surface area (Å²) in [5.74, 6) is 0.408. The van der Waals surface area contributed by atoms with Crippen LogP contribution in [0.3, 0.4) is 0 Å². The molecule has 0 spiro atoms. The molecule has 2 aromatic rings. The second-order valence-corrected chi connectivity index (χ2v) is 6.17. The van der Waals surface area contributed by atoms with Crippen molar-refractivity contribution in [1.82, 2.24) is 10.2 Å². The molecule has 0 radical (unpaired) electrons. The van der Waals surface area contributed by atoms with Crippen LogP contribution in [0.25, 0.3) is 0 Å². The number of nitrogens with zero attached hydrogens (tertiary/aromatic N) is 2. The maximum atomic E-state index is 12.3. The van der Waals surface area contributed by atoms with Gasteiger partial charge in [-0.25, -0.2) is 0 Å². The Morgan fingerprint density at radius 1 is 1.23 bits per heavy atom. The average Bonchev–Trinajstić information content (AvgIpc) is 2.70. The molecule has 26 heavy (non-hydrogen) atoms. The number of hydrogen-bond acceptors (Lipinski definition) is 4. The highest BCUT2D eigenvalue weighted by atomic mass is 16.5. The Hall–Kier alpha value is -3.26. The van der Waals surface area contributed by atoms with Crippen molar-refractivity contribution in [3.8, 4) is 11.8 Å². The summed E-state index contributed by atoms with van der Waals surface area (Å²) in [7, 11) is 1.61. The number of carbonyl (C=O) groups excluding carboxylic acids is 1. The summed E-state index contributed by atoms with van der Waals surface area (Å²) in [6, 6.07) is 17.7. The van der Waals surface area contributed by atoms with Gasteiger partial charge in [0.25, 0.3) is 5.91 Å². The fraction of sp³-hybridized carbons (Fsp3) is 0.238. The van der Waals surface area contributed by atoms with Crippen LogP contribution in [0.2, 0.25) is 0 Å². The van der Waals surface area contributed by atoms with Gasteiger partial charge < -0.3 is 15.0 Å². The van der Waals surface area contributed by atoms with Crippen molar-refractivity contribution in [2.75, 3.05) is 13.7 Å². The molecule has 0 unspecified atom stereocenters. The molecular weight excluding hydrogens is 326 g/mol. The van der Waals surface area contributed by atoms with Gasteiger partial charge in [-0.15, -0.1) is 0 Å². The lowest BCUT2D eigenvalue weighted by Gasteiger charge is -2.27. The molecule has 0 saturated carbocycles.